The fourth-order valence-corrected chi connectivity index (χ4v) is 2.43. The molecule has 0 saturated heterocycles. The van der Waals surface area contributed by atoms with Gasteiger partial charge in [-0.05, 0) is 23.8 Å². The summed E-state index contributed by atoms with van der Waals surface area (Å²) in [6.07, 6.45) is 3.53. The van der Waals surface area contributed by atoms with Crippen molar-refractivity contribution in [1.82, 2.24) is 9.78 Å². The van der Waals surface area contributed by atoms with E-state index in [1.165, 1.54) is 0 Å². The van der Waals surface area contributed by atoms with Crippen LogP contribution in [0.5, 0.6) is 0 Å². The average Bonchev–Trinajstić information content (AvgIpc) is 2.41. The van der Waals surface area contributed by atoms with Crippen LogP contribution in [0.3, 0.4) is 0 Å². The quantitative estimate of drug-likeness (QED) is 0.762. The molecule has 1 aliphatic carbocycles. The Bertz CT molecular complexity index is 407. The number of rotatable bonds is 1. The highest BCUT2D eigenvalue weighted by atomic mass is 16.4. The van der Waals surface area contributed by atoms with E-state index in [0.29, 0.717) is 6.42 Å². The lowest BCUT2D eigenvalue weighted by atomic mass is 9.72. The number of carboxylic acid groups (broad SMARTS) is 1. The first kappa shape index (κ1) is 10.2. The molecule has 0 saturated carbocycles. The van der Waals surface area contributed by atoms with Gasteiger partial charge >= 0.3 is 5.97 Å². The number of aromatic nitrogens is 2. The monoisotopic (exact) mass is 208 g/mol. The van der Waals surface area contributed by atoms with Crippen LogP contribution in [0.4, 0.5) is 0 Å². The number of carbonyl (C=O) groups is 1. The van der Waals surface area contributed by atoms with Gasteiger partial charge in [0, 0.05) is 13.2 Å². The van der Waals surface area contributed by atoms with Gasteiger partial charge in [-0.15, -0.1) is 0 Å². The highest BCUT2D eigenvalue weighted by Gasteiger charge is 2.38. The van der Waals surface area contributed by atoms with Crippen molar-refractivity contribution in [3.63, 3.8) is 0 Å². The molecule has 0 aromatic carbocycles. The molecule has 4 nitrogen and oxygen atoms in total. The molecule has 82 valence electrons. The van der Waals surface area contributed by atoms with E-state index in [-0.39, 0.29) is 5.41 Å². The van der Waals surface area contributed by atoms with E-state index < -0.39 is 11.9 Å². The van der Waals surface area contributed by atoms with Crippen LogP contribution < -0.4 is 0 Å². The molecular formula is C11H16N2O2. The van der Waals surface area contributed by atoms with Crippen LogP contribution in [0.2, 0.25) is 0 Å². The first-order valence-corrected chi connectivity index (χ1v) is 5.14. The zero-order valence-electron chi connectivity index (χ0n) is 9.32. The summed E-state index contributed by atoms with van der Waals surface area (Å²) in [6.45, 7) is 4.22. The Morgan fingerprint density at radius 1 is 1.67 bits per heavy atom. The van der Waals surface area contributed by atoms with E-state index in [1.54, 1.807) is 4.68 Å². The molecule has 0 spiro atoms. The molecule has 15 heavy (non-hydrogen) atoms. The van der Waals surface area contributed by atoms with Gasteiger partial charge < -0.3 is 5.11 Å². The third-order valence-corrected chi connectivity index (χ3v) is 2.99. The summed E-state index contributed by atoms with van der Waals surface area (Å²) in [7, 11) is 1.84. The maximum absolute atomic E-state index is 11.2. The van der Waals surface area contributed by atoms with Crippen LogP contribution in [0.1, 0.15) is 37.4 Å². The Labute approximate surface area is 88.9 Å². The highest BCUT2D eigenvalue weighted by molar-refractivity contribution is 5.76. The van der Waals surface area contributed by atoms with Gasteiger partial charge in [0.15, 0.2) is 0 Å². The molecule has 1 aromatic rings. The van der Waals surface area contributed by atoms with E-state index in [2.05, 4.69) is 18.9 Å². The number of hydrogen-bond donors (Lipinski definition) is 1. The number of aliphatic carboxylic acids is 1. The SMILES string of the molecule is Cn1cc2c(n1)C(C(=O)O)CC(C)(C)C2. The summed E-state index contributed by atoms with van der Waals surface area (Å²) >= 11 is 0. The molecule has 1 N–H and O–H groups in total. The van der Waals surface area contributed by atoms with Crippen LogP contribution in [-0.4, -0.2) is 20.9 Å². The van der Waals surface area contributed by atoms with Gasteiger partial charge in [0.25, 0.3) is 0 Å². The molecule has 0 fully saturated rings. The Hall–Kier alpha value is -1.32. The first-order valence-electron chi connectivity index (χ1n) is 5.14. The predicted octanol–water partition coefficient (Wildman–Crippen LogP) is 1.56. The fraction of sp³-hybridized carbons (Fsp3) is 0.636. The van der Waals surface area contributed by atoms with E-state index in [1.807, 2.05) is 13.2 Å². The van der Waals surface area contributed by atoms with E-state index >= 15 is 0 Å². The lowest BCUT2D eigenvalue weighted by Crippen LogP contribution is -2.29. The molecule has 0 radical (unpaired) electrons. The third-order valence-electron chi connectivity index (χ3n) is 2.99. The smallest absolute Gasteiger partial charge is 0.312 e. The lowest BCUT2D eigenvalue weighted by molar-refractivity contribution is -0.140. The molecular weight excluding hydrogens is 192 g/mol. The molecule has 1 aliphatic rings. The van der Waals surface area contributed by atoms with Crippen molar-refractivity contribution in [2.24, 2.45) is 12.5 Å². The van der Waals surface area contributed by atoms with Crippen molar-refractivity contribution in [3.05, 3.63) is 17.5 Å². The molecule has 1 unspecified atom stereocenters. The van der Waals surface area contributed by atoms with Crippen molar-refractivity contribution in [3.8, 4) is 0 Å². The van der Waals surface area contributed by atoms with Crippen LogP contribution in [0.15, 0.2) is 6.20 Å². The molecule has 0 amide bonds. The van der Waals surface area contributed by atoms with Crippen LogP contribution in [-0.2, 0) is 18.3 Å². The molecule has 4 heteroatoms. The minimum absolute atomic E-state index is 0.0547. The van der Waals surface area contributed by atoms with Crippen molar-refractivity contribution in [1.29, 1.82) is 0 Å². The summed E-state index contributed by atoms with van der Waals surface area (Å²) in [5, 5.41) is 13.4. The largest absolute Gasteiger partial charge is 0.481 e. The van der Waals surface area contributed by atoms with Gasteiger partial charge in [0.05, 0.1) is 5.69 Å². The number of carboxylic acids is 1. The second kappa shape index (κ2) is 3.08. The van der Waals surface area contributed by atoms with Crippen LogP contribution >= 0.6 is 0 Å². The summed E-state index contributed by atoms with van der Waals surface area (Å²) in [6, 6.07) is 0. The van der Waals surface area contributed by atoms with Gasteiger partial charge in [0.1, 0.15) is 5.92 Å². The van der Waals surface area contributed by atoms with Crippen molar-refractivity contribution < 1.29 is 9.90 Å². The summed E-state index contributed by atoms with van der Waals surface area (Å²) in [4.78, 5) is 11.2. The molecule has 0 bridgehead atoms. The van der Waals surface area contributed by atoms with Gasteiger partial charge in [-0.1, -0.05) is 13.8 Å². The zero-order valence-corrected chi connectivity index (χ0v) is 9.32. The summed E-state index contributed by atoms with van der Waals surface area (Å²) in [5.41, 5.74) is 1.89. The highest BCUT2D eigenvalue weighted by Crippen LogP contribution is 2.41. The van der Waals surface area contributed by atoms with E-state index in [0.717, 1.165) is 17.7 Å². The van der Waals surface area contributed by atoms with Crippen molar-refractivity contribution >= 4 is 5.97 Å². The third kappa shape index (κ3) is 1.76. The molecule has 2 rings (SSSR count). The average molecular weight is 208 g/mol. The molecule has 1 heterocycles. The Morgan fingerprint density at radius 3 is 2.93 bits per heavy atom. The number of fused-ring (bicyclic) bond motifs is 1. The van der Waals surface area contributed by atoms with Crippen LogP contribution in [0.25, 0.3) is 0 Å². The number of aryl methyl sites for hydroxylation is 1. The Kier molecular flexibility index (Phi) is 2.10. The topological polar surface area (TPSA) is 55.1 Å². The Balaban J connectivity index is 2.47. The normalized spacial score (nSPS) is 23.5. The minimum atomic E-state index is -0.761. The maximum Gasteiger partial charge on any atom is 0.312 e. The second-order valence-electron chi connectivity index (χ2n) is 5.15. The van der Waals surface area contributed by atoms with Gasteiger partial charge in [-0.25, -0.2) is 0 Å². The molecule has 1 aromatic heterocycles. The zero-order chi connectivity index (χ0) is 11.2. The second-order valence-corrected chi connectivity index (χ2v) is 5.15. The predicted molar refractivity (Wildman–Crippen MR) is 55.7 cm³/mol. The van der Waals surface area contributed by atoms with E-state index in [4.69, 9.17) is 0 Å². The Morgan fingerprint density at radius 2 is 2.33 bits per heavy atom. The van der Waals surface area contributed by atoms with Crippen molar-refractivity contribution in [2.45, 2.75) is 32.6 Å². The first-order chi connectivity index (χ1) is 6.89. The summed E-state index contributed by atoms with van der Waals surface area (Å²) in [5.74, 6) is -1.20. The number of hydrogen-bond acceptors (Lipinski definition) is 2. The molecule has 0 aliphatic heterocycles. The fourth-order valence-electron chi connectivity index (χ4n) is 2.43. The number of nitrogens with zero attached hydrogens (tertiary/aromatic N) is 2. The summed E-state index contributed by atoms with van der Waals surface area (Å²) < 4.78 is 1.71. The van der Waals surface area contributed by atoms with E-state index in [9.17, 15) is 9.90 Å². The van der Waals surface area contributed by atoms with Gasteiger partial charge in [-0.2, -0.15) is 5.10 Å². The van der Waals surface area contributed by atoms with Gasteiger partial charge in [0.2, 0.25) is 0 Å². The standard InChI is InChI=1S/C11H16N2O2/c1-11(2)4-7-6-13(3)12-9(7)8(5-11)10(14)15/h6,8H,4-5H2,1-3H3,(H,14,15). The lowest BCUT2D eigenvalue weighted by Gasteiger charge is -2.32. The molecule has 1 atom stereocenters. The van der Waals surface area contributed by atoms with Crippen molar-refractivity contribution in [2.75, 3.05) is 0 Å². The maximum atomic E-state index is 11.2. The minimum Gasteiger partial charge on any atom is -0.481 e. The van der Waals surface area contributed by atoms with Crippen LogP contribution in [0, 0.1) is 5.41 Å². The van der Waals surface area contributed by atoms with Gasteiger partial charge in [-0.3, -0.25) is 9.48 Å².